The molecular formula is C11H20N4O. The van der Waals surface area contributed by atoms with Gasteiger partial charge in [-0.15, -0.1) is 5.10 Å². The summed E-state index contributed by atoms with van der Waals surface area (Å²) in [5.41, 5.74) is 5.45. The zero-order valence-electron chi connectivity index (χ0n) is 9.69. The third-order valence-electron chi connectivity index (χ3n) is 2.93. The van der Waals surface area contributed by atoms with E-state index in [0.717, 1.165) is 25.9 Å². The van der Waals surface area contributed by atoms with Gasteiger partial charge in [0.1, 0.15) is 0 Å². The normalized spacial score (nSPS) is 17.4. The maximum atomic E-state index is 5.63. The highest BCUT2D eigenvalue weighted by Crippen LogP contribution is 2.18. The summed E-state index contributed by atoms with van der Waals surface area (Å²) in [7, 11) is 0. The van der Waals surface area contributed by atoms with E-state index >= 15 is 0 Å². The molecule has 2 heterocycles. The maximum absolute atomic E-state index is 5.63. The highest BCUT2D eigenvalue weighted by molar-refractivity contribution is 5.23. The molecule has 0 aliphatic carbocycles. The van der Waals surface area contributed by atoms with Crippen LogP contribution in [-0.2, 0) is 6.42 Å². The number of hydrogen-bond donors (Lipinski definition) is 1. The summed E-state index contributed by atoms with van der Waals surface area (Å²) in [6, 6.07) is 0.689. The Hall–Kier alpha value is -1.10. The Bertz CT molecular complexity index is 305. The lowest BCUT2D eigenvalue weighted by Crippen LogP contribution is -2.24. The van der Waals surface area contributed by atoms with Crippen LogP contribution < -0.4 is 10.6 Å². The van der Waals surface area contributed by atoms with Crippen LogP contribution >= 0.6 is 0 Å². The van der Waals surface area contributed by atoms with Gasteiger partial charge in [0.15, 0.2) is 0 Å². The molecule has 5 heteroatoms. The zero-order chi connectivity index (χ0) is 11.2. The van der Waals surface area contributed by atoms with Crippen molar-refractivity contribution in [2.75, 3.05) is 24.5 Å². The number of aromatic nitrogens is 2. The van der Waals surface area contributed by atoms with Crippen LogP contribution in [0.15, 0.2) is 4.42 Å². The Kier molecular flexibility index (Phi) is 4.16. The van der Waals surface area contributed by atoms with Gasteiger partial charge in [0, 0.05) is 19.5 Å². The van der Waals surface area contributed by atoms with Crippen LogP contribution in [0.1, 0.15) is 38.0 Å². The van der Waals surface area contributed by atoms with Crippen LogP contribution in [0.25, 0.3) is 0 Å². The van der Waals surface area contributed by atoms with E-state index in [2.05, 4.69) is 15.1 Å². The monoisotopic (exact) mass is 224 g/mol. The summed E-state index contributed by atoms with van der Waals surface area (Å²) in [6.07, 6.45) is 6.76. The largest absolute Gasteiger partial charge is 0.408 e. The fourth-order valence-corrected chi connectivity index (χ4v) is 1.99. The lowest BCUT2D eigenvalue weighted by Gasteiger charge is -2.16. The fourth-order valence-electron chi connectivity index (χ4n) is 1.99. The maximum Gasteiger partial charge on any atom is 0.318 e. The first kappa shape index (κ1) is 11.4. The molecule has 16 heavy (non-hydrogen) atoms. The Morgan fingerprint density at radius 1 is 1.12 bits per heavy atom. The summed E-state index contributed by atoms with van der Waals surface area (Å²) in [5.74, 6) is 0.713. The van der Waals surface area contributed by atoms with Gasteiger partial charge in [-0.3, -0.25) is 0 Å². The molecule has 0 unspecified atom stereocenters. The van der Waals surface area contributed by atoms with Gasteiger partial charge in [-0.05, 0) is 25.8 Å². The van der Waals surface area contributed by atoms with E-state index in [1.165, 1.54) is 25.7 Å². The first-order valence-corrected chi connectivity index (χ1v) is 6.17. The quantitative estimate of drug-likeness (QED) is 0.836. The predicted octanol–water partition coefficient (Wildman–Crippen LogP) is 1.34. The lowest BCUT2D eigenvalue weighted by molar-refractivity contribution is 0.477. The van der Waals surface area contributed by atoms with E-state index < -0.39 is 0 Å². The Balaban J connectivity index is 1.94. The second-order valence-electron chi connectivity index (χ2n) is 4.27. The first-order valence-electron chi connectivity index (χ1n) is 6.17. The Morgan fingerprint density at radius 3 is 2.56 bits per heavy atom. The molecule has 0 bridgehead atoms. The highest BCUT2D eigenvalue weighted by Gasteiger charge is 2.15. The third-order valence-corrected chi connectivity index (χ3v) is 2.93. The van der Waals surface area contributed by atoms with Crippen LogP contribution in [0, 0.1) is 0 Å². The average molecular weight is 224 g/mol. The molecule has 0 radical (unpaired) electrons. The summed E-state index contributed by atoms with van der Waals surface area (Å²) in [6.45, 7) is 2.75. The van der Waals surface area contributed by atoms with Crippen molar-refractivity contribution in [3.05, 3.63) is 5.89 Å². The van der Waals surface area contributed by atoms with Gasteiger partial charge in [-0.1, -0.05) is 17.9 Å². The minimum absolute atomic E-state index is 0.668. The van der Waals surface area contributed by atoms with Crippen LogP contribution in [0.2, 0.25) is 0 Å². The van der Waals surface area contributed by atoms with E-state index in [1.54, 1.807) is 0 Å². The van der Waals surface area contributed by atoms with E-state index in [0.29, 0.717) is 18.5 Å². The molecule has 2 rings (SSSR count). The standard InChI is InChI=1S/C11H20N4O/c12-7-5-6-10-13-14-11(16-10)15-8-3-1-2-4-9-15/h1-9,12H2. The third kappa shape index (κ3) is 2.95. The van der Waals surface area contributed by atoms with Gasteiger partial charge in [0.2, 0.25) is 5.89 Å². The molecule has 2 N–H and O–H groups in total. The van der Waals surface area contributed by atoms with Crippen molar-refractivity contribution in [1.29, 1.82) is 0 Å². The molecule has 5 nitrogen and oxygen atoms in total. The Morgan fingerprint density at radius 2 is 1.88 bits per heavy atom. The molecule has 1 aliphatic rings. The number of rotatable bonds is 4. The van der Waals surface area contributed by atoms with Crippen molar-refractivity contribution in [3.8, 4) is 0 Å². The van der Waals surface area contributed by atoms with Crippen molar-refractivity contribution in [2.45, 2.75) is 38.5 Å². The molecule has 0 amide bonds. The van der Waals surface area contributed by atoms with Gasteiger partial charge >= 0.3 is 6.01 Å². The Labute approximate surface area is 96.0 Å². The van der Waals surface area contributed by atoms with E-state index in [-0.39, 0.29) is 0 Å². The topological polar surface area (TPSA) is 68.2 Å². The SMILES string of the molecule is NCCCc1nnc(N2CCCCCC2)o1. The van der Waals surface area contributed by atoms with Gasteiger partial charge < -0.3 is 15.1 Å². The second kappa shape index (κ2) is 5.84. The minimum Gasteiger partial charge on any atom is -0.408 e. The zero-order valence-corrected chi connectivity index (χ0v) is 9.69. The minimum atomic E-state index is 0.668. The number of aryl methyl sites for hydroxylation is 1. The lowest BCUT2D eigenvalue weighted by atomic mass is 10.2. The van der Waals surface area contributed by atoms with Crippen LogP contribution in [0.5, 0.6) is 0 Å². The number of anilines is 1. The van der Waals surface area contributed by atoms with Gasteiger partial charge in [0.25, 0.3) is 0 Å². The molecule has 0 aromatic carbocycles. The van der Waals surface area contributed by atoms with Crippen LogP contribution in [0.4, 0.5) is 6.01 Å². The van der Waals surface area contributed by atoms with Crippen molar-refractivity contribution >= 4 is 6.01 Å². The van der Waals surface area contributed by atoms with Crippen molar-refractivity contribution < 1.29 is 4.42 Å². The molecule has 1 aliphatic heterocycles. The van der Waals surface area contributed by atoms with E-state index in [4.69, 9.17) is 10.2 Å². The van der Waals surface area contributed by atoms with Crippen molar-refractivity contribution in [1.82, 2.24) is 10.2 Å². The number of nitrogens with zero attached hydrogens (tertiary/aromatic N) is 3. The number of nitrogens with two attached hydrogens (primary N) is 1. The van der Waals surface area contributed by atoms with E-state index in [1.807, 2.05) is 0 Å². The molecule has 0 saturated carbocycles. The van der Waals surface area contributed by atoms with Crippen molar-refractivity contribution in [2.24, 2.45) is 5.73 Å². The molecule has 0 atom stereocenters. The smallest absolute Gasteiger partial charge is 0.318 e. The molecule has 1 aromatic heterocycles. The first-order chi connectivity index (χ1) is 7.90. The van der Waals surface area contributed by atoms with Crippen LogP contribution in [0.3, 0.4) is 0 Å². The molecule has 1 fully saturated rings. The molecule has 0 spiro atoms. The van der Waals surface area contributed by atoms with E-state index in [9.17, 15) is 0 Å². The second-order valence-corrected chi connectivity index (χ2v) is 4.27. The summed E-state index contributed by atoms with van der Waals surface area (Å²) < 4.78 is 5.63. The predicted molar refractivity (Wildman–Crippen MR) is 62.4 cm³/mol. The summed E-state index contributed by atoms with van der Waals surface area (Å²) >= 11 is 0. The van der Waals surface area contributed by atoms with Gasteiger partial charge in [-0.2, -0.15) is 0 Å². The molecule has 1 saturated heterocycles. The molecule has 1 aromatic rings. The summed E-state index contributed by atoms with van der Waals surface area (Å²) in [5, 5.41) is 8.15. The fraction of sp³-hybridized carbons (Fsp3) is 0.818. The summed E-state index contributed by atoms with van der Waals surface area (Å²) in [4.78, 5) is 2.20. The molecular weight excluding hydrogens is 204 g/mol. The molecule has 90 valence electrons. The number of hydrogen-bond acceptors (Lipinski definition) is 5. The van der Waals surface area contributed by atoms with Gasteiger partial charge in [-0.25, -0.2) is 0 Å². The van der Waals surface area contributed by atoms with Crippen molar-refractivity contribution in [3.63, 3.8) is 0 Å². The average Bonchev–Trinajstić information content (AvgIpc) is 2.60. The van der Waals surface area contributed by atoms with Crippen LogP contribution in [-0.4, -0.2) is 29.8 Å². The highest BCUT2D eigenvalue weighted by atomic mass is 16.4. The van der Waals surface area contributed by atoms with Gasteiger partial charge in [0.05, 0.1) is 0 Å².